The maximum Gasteiger partial charge on any atom is 0.266 e. The van der Waals surface area contributed by atoms with Crippen molar-refractivity contribution >= 4 is 46.3 Å². The first kappa shape index (κ1) is 15.7. The first-order chi connectivity index (χ1) is 9.99. The Hall–Kier alpha value is -1.66. The van der Waals surface area contributed by atoms with Crippen LogP contribution < -0.4 is 5.11 Å². The molecular weight excluding hydrogens is 306 g/mol. The molecule has 0 spiro atoms. The number of amides is 1. The summed E-state index contributed by atoms with van der Waals surface area (Å²) in [5.41, 5.74) is 2.06. The standard InChI is InChI=1S/C15H15NO3S2/c1-10-5-2-3-6-11(10)9-12-14(19)16(15(20)21-12)8-4-7-13(17)18/h2-3,5-6,9H,4,7-8H2,1H3,(H,17,18)/p-1/b12-9-. The molecule has 0 bridgehead atoms. The van der Waals surface area contributed by atoms with E-state index in [0.29, 0.717) is 22.2 Å². The molecule has 1 amide bonds. The number of benzene rings is 1. The number of rotatable bonds is 5. The molecule has 1 aliphatic heterocycles. The lowest BCUT2D eigenvalue weighted by Gasteiger charge is -2.14. The summed E-state index contributed by atoms with van der Waals surface area (Å²) in [6.45, 7) is 2.29. The fourth-order valence-corrected chi connectivity index (χ4v) is 3.26. The summed E-state index contributed by atoms with van der Waals surface area (Å²) in [5.74, 6) is -1.28. The zero-order chi connectivity index (χ0) is 15.4. The number of carbonyl (C=O) groups is 2. The third-order valence-corrected chi connectivity index (χ3v) is 4.49. The molecule has 4 nitrogen and oxygen atoms in total. The maximum absolute atomic E-state index is 12.3. The van der Waals surface area contributed by atoms with Crippen LogP contribution >= 0.6 is 24.0 Å². The molecule has 1 fully saturated rings. The first-order valence-corrected chi connectivity index (χ1v) is 7.72. The first-order valence-electron chi connectivity index (χ1n) is 6.50. The van der Waals surface area contributed by atoms with Crippen LogP contribution in [0.5, 0.6) is 0 Å². The van der Waals surface area contributed by atoms with Gasteiger partial charge in [-0.3, -0.25) is 9.69 Å². The fraction of sp³-hybridized carbons (Fsp3) is 0.267. The number of hydrogen-bond donors (Lipinski definition) is 0. The third kappa shape index (κ3) is 3.92. The molecule has 6 heteroatoms. The predicted molar refractivity (Wildman–Crippen MR) is 85.3 cm³/mol. The number of aryl methyl sites for hydroxylation is 1. The predicted octanol–water partition coefficient (Wildman–Crippen LogP) is 1.73. The number of thiocarbonyl (C=S) groups is 1. The topological polar surface area (TPSA) is 60.4 Å². The van der Waals surface area contributed by atoms with Gasteiger partial charge in [0, 0.05) is 12.5 Å². The quantitative estimate of drug-likeness (QED) is 0.611. The molecular formula is C15H14NO3S2-. The number of hydrogen-bond acceptors (Lipinski definition) is 5. The Morgan fingerprint density at radius 2 is 2.14 bits per heavy atom. The van der Waals surface area contributed by atoms with Crippen molar-refractivity contribution < 1.29 is 14.7 Å². The summed E-state index contributed by atoms with van der Waals surface area (Å²) < 4.78 is 0.471. The summed E-state index contributed by atoms with van der Waals surface area (Å²) in [5, 5.41) is 10.4. The highest BCUT2D eigenvalue weighted by atomic mass is 32.2. The molecule has 0 N–H and O–H groups in total. The van der Waals surface area contributed by atoms with Gasteiger partial charge in [-0.2, -0.15) is 0 Å². The maximum atomic E-state index is 12.3. The summed E-state index contributed by atoms with van der Waals surface area (Å²) in [6.07, 6.45) is 2.09. The highest BCUT2D eigenvalue weighted by Crippen LogP contribution is 2.33. The lowest BCUT2D eigenvalue weighted by molar-refractivity contribution is -0.305. The monoisotopic (exact) mass is 320 g/mol. The SMILES string of the molecule is Cc1ccccc1/C=C1\SC(=S)N(CCCC(=O)[O-])C1=O. The zero-order valence-corrected chi connectivity index (χ0v) is 13.1. The van der Waals surface area contributed by atoms with Crippen molar-refractivity contribution in [1.29, 1.82) is 0 Å². The number of carbonyl (C=O) groups excluding carboxylic acids is 2. The fourth-order valence-electron chi connectivity index (χ4n) is 1.96. The molecule has 1 heterocycles. The van der Waals surface area contributed by atoms with Crippen LogP contribution in [0.15, 0.2) is 29.2 Å². The molecule has 0 atom stereocenters. The van der Waals surface area contributed by atoms with Gasteiger partial charge in [0.25, 0.3) is 5.91 Å². The number of carboxylic acid groups (broad SMARTS) is 1. The van der Waals surface area contributed by atoms with E-state index in [2.05, 4.69) is 0 Å². The van der Waals surface area contributed by atoms with E-state index in [1.807, 2.05) is 37.3 Å². The van der Waals surface area contributed by atoms with Crippen LogP contribution in [0.2, 0.25) is 0 Å². The minimum Gasteiger partial charge on any atom is -0.550 e. The Balaban J connectivity index is 2.11. The zero-order valence-electron chi connectivity index (χ0n) is 11.5. The Kier molecular flexibility index (Phi) is 5.14. The van der Waals surface area contributed by atoms with Crippen molar-refractivity contribution in [1.82, 2.24) is 4.90 Å². The van der Waals surface area contributed by atoms with E-state index in [9.17, 15) is 14.7 Å². The summed E-state index contributed by atoms with van der Waals surface area (Å²) >= 11 is 6.44. The average Bonchev–Trinajstić information content (AvgIpc) is 2.68. The summed E-state index contributed by atoms with van der Waals surface area (Å²) in [4.78, 5) is 24.7. The molecule has 1 aromatic rings. The van der Waals surface area contributed by atoms with Crippen LogP contribution in [-0.4, -0.2) is 27.6 Å². The molecule has 21 heavy (non-hydrogen) atoms. The Morgan fingerprint density at radius 3 is 2.81 bits per heavy atom. The number of thioether (sulfide) groups is 1. The van der Waals surface area contributed by atoms with Gasteiger partial charge in [-0.25, -0.2) is 0 Å². The number of carboxylic acids is 1. The van der Waals surface area contributed by atoms with Gasteiger partial charge in [-0.05, 0) is 37.0 Å². The van der Waals surface area contributed by atoms with E-state index < -0.39 is 5.97 Å². The minimum absolute atomic E-state index is 0.0755. The van der Waals surface area contributed by atoms with Gasteiger partial charge in [0.15, 0.2) is 0 Å². The van der Waals surface area contributed by atoms with E-state index in [0.717, 1.165) is 11.1 Å². The van der Waals surface area contributed by atoms with E-state index in [1.165, 1.54) is 16.7 Å². The normalized spacial score (nSPS) is 16.8. The molecule has 0 saturated carbocycles. The molecule has 0 unspecified atom stereocenters. The molecule has 0 aromatic heterocycles. The second-order valence-corrected chi connectivity index (χ2v) is 6.34. The van der Waals surface area contributed by atoms with Gasteiger partial charge < -0.3 is 9.90 Å². The Labute approximate surface area is 132 Å². The molecule has 0 aliphatic carbocycles. The van der Waals surface area contributed by atoms with E-state index in [-0.39, 0.29) is 12.3 Å². The van der Waals surface area contributed by atoms with Crippen LogP contribution in [0.1, 0.15) is 24.0 Å². The number of nitrogens with zero attached hydrogens (tertiary/aromatic N) is 1. The smallest absolute Gasteiger partial charge is 0.266 e. The molecule has 110 valence electrons. The van der Waals surface area contributed by atoms with Crippen molar-refractivity contribution in [2.24, 2.45) is 0 Å². The van der Waals surface area contributed by atoms with E-state index in [4.69, 9.17) is 12.2 Å². The Morgan fingerprint density at radius 1 is 1.43 bits per heavy atom. The second-order valence-electron chi connectivity index (χ2n) is 4.67. The molecule has 1 aliphatic rings. The van der Waals surface area contributed by atoms with Gasteiger partial charge >= 0.3 is 0 Å². The van der Waals surface area contributed by atoms with Gasteiger partial charge in [0.2, 0.25) is 0 Å². The van der Waals surface area contributed by atoms with Crippen molar-refractivity contribution in [3.05, 3.63) is 40.3 Å². The lowest BCUT2D eigenvalue weighted by atomic mass is 10.1. The summed E-state index contributed by atoms with van der Waals surface area (Å²) in [7, 11) is 0. The van der Waals surface area contributed by atoms with Crippen molar-refractivity contribution in [3.63, 3.8) is 0 Å². The van der Waals surface area contributed by atoms with E-state index in [1.54, 1.807) is 0 Å². The summed E-state index contributed by atoms with van der Waals surface area (Å²) in [6, 6.07) is 7.78. The van der Waals surface area contributed by atoms with Crippen LogP contribution in [-0.2, 0) is 9.59 Å². The van der Waals surface area contributed by atoms with Crippen molar-refractivity contribution in [3.8, 4) is 0 Å². The molecule has 1 aromatic carbocycles. The third-order valence-electron chi connectivity index (χ3n) is 3.11. The lowest BCUT2D eigenvalue weighted by Crippen LogP contribution is -2.30. The number of aliphatic carboxylic acids is 1. The van der Waals surface area contributed by atoms with Crippen LogP contribution in [0.25, 0.3) is 6.08 Å². The van der Waals surface area contributed by atoms with Crippen molar-refractivity contribution in [2.75, 3.05) is 6.54 Å². The average molecular weight is 320 g/mol. The van der Waals surface area contributed by atoms with Crippen LogP contribution in [0, 0.1) is 6.92 Å². The van der Waals surface area contributed by atoms with Gasteiger partial charge in [0.05, 0.1) is 4.91 Å². The molecule has 1 saturated heterocycles. The minimum atomic E-state index is -1.11. The van der Waals surface area contributed by atoms with E-state index >= 15 is 0 Å². The van der Waals surface area contributed by atoms with Crippen LogP contribution in [0.3, 0.4) is 0 Å². The molecule has 0 radical (unpaired) electrons. The van der Waals surface area contributed by atoms with Crippen molar-refractivity contribution in [2.45, 2.75) is 19.8 Å². The van der Waals surface area contributed by atoms with Gasteiger partial charge in [-0.15, -0.1) is 0 Å². The second kappa shape index (κ2) is 6.87. The Bertz CT molecular complexity index is 625. The highest BCUT2D eigenvalue weighted by Gasteiger charge is 2.31. The van der Waals surface area contributed by atoms with Gasteiger partial charge in [0.1, 0.15) is 4.32 Å². The highest BCUT2D eigenvalue weighted by molar-refractivity contribution is 8.26. The molecule has 2 rings (SSSR count). The van der Waals surface area contributed by atoms with Crippen LogP contribution in [0.4, 0.5) is 0 Å². The van der Waals surface area contributed by atoms with Gasteiger partial charge in [-0.1, -0.05) is 48.2 Å². The largest absolute Gasteiger partial charge is 0.550 e.